The first-order chi connectivity index (χ1) is 13.3. The van der Waals surface area contributed by atoms with Crippen LogP contribution in [0.2, 0.25) is 0 Å². The van der Waals surface area contributed by atoms with Gasteiger partial charge >= 0.3 is 5.97 Å². The fourth-order valence-electron chi connectivity index (χ4n) is 3.21. The SMILES string of the molecule is COCCCOC(=O)C(CC(C)C)n1cc(CCN2CC(F)C2)cc(F)c1=O. The summed E-state index contributed by atoms with van der Waals surface area (Å²) >= 11 is 0. The zero-order valence-electron chi connectivity index (χ0n) is 16.8. The van der Waals surface area contributed by atoms with E-state index in [-0.39, 0.29) is 12.5 Å². The van der Waals surface area contributed by atoms with Crippen LogP contribution in [0.3, 0.4) is 0 Å². The van der Waals surface area contributed by atoms with Gasteiger partial charge in [-0.2, -0.15) is 0 Å². The summed E-state index contributed by atoms with van der Waals surface area (Å²) in [6, 6.07) is 0.311. The second-order valence-corrected chi connectivity index (χ2v) is 7.67. The highest BCUT2D eigenvalue weighted by atomic mass is 19.1. The van der Waals surface area contributed by atoms with Gasteiger partial charge in [-0.05, 0) is 30.4 Å². The number of methoxy groups -OCH3 is 1. The monoisotopic (exact) mass is 400 g/mol. The van der Waals surface area contributed by atoms with E-state index < -0.39 is 29.6 Å². The quantitative estimate of drug-likeness (QED) is 0.422. The molecular formula is C20H30F2N2O4. The second kappa shape index (κ2) is 10.7. The Hall–Kier alpha value is -1.80. The number of carbonyl (C=O) groups is 1. The van der Waals surface area contributed by atoms with Gasteiger partial charge in [0.05, 0.1) is 6.61 Å². The Morgan fingerprint density at radius 3 is 2.64 bits per heavy atom. The molecule has 1 fully saturated rings. The number of hydrogen-bond donors (Lipinski definition) is 0. The van der Waals surface area contributed by atoms with Gasteiger partial charge in [0.2, 0.25) is 0 Å². The number of nitrogens with zero attached hydrogens (tertiary/aromatic N) is 2. The fourth-order valence-corrected chi connectivity index (χ4v) is 3.21. The van der Waals surface area contributed by atoms with E-state index in [4.69, 9.17) is 9.47 Å². The van der Waals surface area contributed by atoms with Crippen LogP contribution >= 0.6 is 0 Å². The molecule has 1 atom stereocenters. The molecule has 0 saturated carbocycles. The van der Waals surface area contributed by atoms with Crippen LogP contribution in [0.1, 0.15) is 38.3 Å². The molecule has 2 rings (SSSR count). The highest BCUT2D eigenvalue weighted by molar-refractivity contribution is 5.74. The molecule has 0 bridgehead atoms. The topological polar surface area (TPSA) is 60.8 Å². The number of halogens is 2. The number of likely N-dealkylation sites (tertiary alicyclic amines) is 1. The van der Waals surface area contributed by atoms with Crippen LogP contribution in [0.5, 0.6) is 0 Å². The van der Waals surface area contributed by atoms with Crippen molar-refractivity contribution in [2.24, 2.45) is 5.92 Å². The van der Waals surface area contributed by atoms with Gasteiger partial charge in [0.1, 0.15) is 12.2 Å². The van der Waals surface area contributed by atoms with E-state index in [0.29, 0.717) is 51.1 Å². The molecule has 1 aromatic heterocycles. The van der Waals surface area contributed by atoms with Crippen molar-refractivity contribution in [1.82, 2.24) is 9.47 Å². The maximum Gasteiger partial charge on any atom is 0.329 e. The van der Waals surface area contributed by atoms with Crippen LogP contribution < -0.4 is 5.56 Å². The summed E-state index contributed by atoms with van der Waals surface area (Å²) in [5.41, 5.74) is -0.239. The van der Waals surface area contributed by atoms with Gasteiger partial charge in [0.15, 0.2) is 5.82 Å². The van der Waals surface area contributed by atoms with Crippen LogP contribution in [0.15, 0.2) is 17.1 Å². The average Bonchev–Trinajstić information content (AvgIpc) is 2.62. The third-order valence-corrected chi connectivity index (χ3v) is 4.72. The first kappa shape index (κ1) is 22.5. The van der Waals surface area contributed by atoms with Crippen molar-refractivity contribution in [3.63, 3.8) is 0 Å². The van der Waals surface area contributed by atoms with Crippen LogP contribution in [-0.2, 0) is 20.7 Å². The van der Waals surface area contributed by atoms with Crippen molar-refractivity contribution >= 4 is 5.97 Å². The van der Waals surface area contributed by atoms with E-state index in [1.165, 1.54) is 12.3 Å². The maximum absolute atomic E-state index is 14.3. The summed E-state index contributed by atoms with van der Waals surface area (Å²) < 4.78 is 38.6. The van der Waals surface area contributed by atoms with Crippen LogP contribution in [0.25, 0.3) is 0 Å². The summed E-state index contributed by atoms with van der Waals surface area (Å²) in [6.45, 7) is 5.83. The molecule has 1 aromatic rings. The number of esters is 1. The number of ether oxygens (including phenoxy) is 2. The van der Waals surface area contributed by atoms with Gasteiger partial charge in [0, 0.05) is 46.0 Å². The summed E-state index contributed by atoms with van der Waals surface area (Å²) in [4.78, 5) is 26.9. The first-order valence-electron chi connectivity index (χ1n) is 9.74. The lowest BCUT2D eigenvalue weighted by Gasteiger charge is -2.34. The standard InChI is InChI=1S/C20H30F2N2O4/c1-14(2)9-18(20(26)28-8-4-7-27-3)24-11-15(10-17(22)19(24)25)5-6-23-12-16(21)13-23/h10-11,14,16,18H,4-9,12-13H2,1-3H3. The van der Waals surface area contributed by atoms with Crippen molar-refractivity contribution < 1.29 is 23.0 Å². The molecule has 0 aliphatic carbocycles. The zero-order chi connectivity index (χ0) is 20.7. The Balaban J connectivity index is 2.15. The molecule has 2 heterocycles. The Kier molecular flexibility index (Phi) is 8.57. The molecule has 28 heavy (non-hydrogen) atoms. The van der Waals surface area contributed by atoms with E-state index in [2.05, 4.69) is 0 Å². The van der Waals surface area contributed by atoms with Crippen LogP contribution in [-0.4, -0.2) is 61.6 Å². The summed E-state index contributed by atoms with van der Waals surface area (Å²) in [5, 5.41) is 0. The fraction of sp³-hybridized carbons (Fsp3) is 0.700. The molecular weight excluding hydrogens is 370 g/mol. The highest BCUT2D eigenvalue weighted by Gasteiger charge is 2.27. The van der Waals surface area contributed by atoms with E-state index in [0.717, 1.165) is 4.57 Å². The maximum atomic E-state index is 14.3. The number of rotatable bonds is 11. The number of aromatic nitrogens is 1. The van der Waals surface area contributed by atoms with E-state index in [1.54, 1.807) is 7.11 Å². The minimum Gasteiger partial charge on any atom is -0.464 e. The summed E-state index contributed by atoms with van der Waals surface area (Å²) in [7, 11) is 1.56. The van der Waals surface area contributed by atoms with Crippen molar-refractivity contribution in [2.75, 3.05) is 40.0 Å². The smallest absolute Gasteiger partial charge is 0.329 e. The molecule has 1 saturated heterocycles. The van der Waals surface area contributed by atoms with Gasteiger partial charge in [0.25, 0.3) is 5.56 Å². The molecule has 1 aliphatic rings. The lowest BCUT2D eigenvalue weighted by molar-refractivity contribution is -0.148. The summed E-state index contributed by atoms with van der Waals surface area (Å²) in [5.74, 6) is -1.34. The number of alkyl halides is 1. The third-order valence-electron chi connectivity index (χ3n) is 4.72. The number of carbonyl (C=O) groups excluding carboxylic acids is 1. The van der Waals surface area contributed by atoms with Gasteiger partial charge in [-0.25, -0.2) is 13.6 Å². The van der Waals surface area contributed by atoms with Crippen molar-refractivity contribution in [2.45, 2.75) is 45.3 Å². The van der Waals surface area contributed by atoms with Gasteiger partial charge in [-0.1, -0.05) is 13.8 Å². The average molecular weight is 400 g/mol. The van der Waals surface area contributed by atoms with Crippen molar-refractivity contribution in [3.8, 4) is 0 Å². The largest absolute Gasteiger partial charge is 0.464 e. The highest BCUT2D eigenvalue weighted by Crippen LogP contribution is 2.20. The van der Waals surface area contributed by atoms with Gasteiger partial charge in [-0.3, -0.25) is 14.3 Å². The lowest BCUT2D eigenvalue weighted by atomic mass is 10.0. The Morgan fingerprint density at radius 2 is 2.04 bits per heavy atom. The lowest BCUT2D eigenvalue weighted by Crippen LogP contribution is -2.49. The minimum absolute atomic E-state index is 0.109. The zero-order valence-corrected chi connectivity index (χ0v) is 16.8. The van der Waals surface area contributed by atoms with Crippen LogP contribution in [0, 0.1) is 11.7 Å². The minimum atomic E-state index is -0.898. The molecule has 0 spiro atoms. The number of hydrogen-bond acceptors (Lipinski definition) is 5. The molecule has 0 aromatic carbocycles. The van der Waals surface area contributed by atoms with E-state index in [1.807, 2.05) is 18.7 Å². The van der Waals surface area contributed by atoms with Crippen molar-refractivity contribution in [3.05, 3.63) is 34.0 Å². The molecule has 1 aliphatic heterocycles. The third kappa shape index (κ3) is 6.38. The molecule has 0 amide bonds. The van der Waals surface area contributed by atoms with Crippen LogP contribution in [0.4, 0.5) is 8.78 Å². The predicted octanol–water partition coefficient (Wildman–Crippen LogP) is 2.35. The Bertz CT molecular complexity index is 702. The van der Waals surface area contributed by atoms with Crippen molar-refractivity contribution in [1.29, 1.82) is 0 Å². The molecule has 158 valence electrons. The normalized spacial score (nSPS) is 16.2. The second-order valence-electron chi connectivity index (χ2n) is 7.67. The first-order valence-corrected chi connectivity index (χ1v) is 9.74. The molecule has 8 heteroatoms. The summed E-state index contributed by atoms with van der Waals surface area (Å²) in [6.07, 6.45) is 2.12. The predicted molar refractivity (Wildman–Crippen MR) is 102 cm³/mol. The Labute approximate surface area is 164 Å². The van der Waals surface area contributed by atoms with E-state index >= 15 is 0 Å². The molecule has 0 N–H and O–H groups in total. The van der Waals surface area contributed by atoms with E-state index in [9.17, 15) is 18.4 Å². The number of pyridine rings is 1. The molecule has 0 radical (unpaired) electrons. The molecule has 6 nitrogen and oxygen atoms in total. The Morgan fingerprint density at radius 1 is 1.32 bits per heavy atom. The van der Waals surface area contributed by atoms with Gasteiger partial charge in [-0.15, -0.1) is 0 Å². The van der Waals surface area contributed by atoms with Gasteiger partial charge < -0.3 is 9.47 Å². The molecule has 1 unspecified atom stereocenters.